The predicted octanol–water partition coefficient (Wildman–Crippen LogP) is 0.631. The first-order valence-electron chi connectivity index (χ1n) is 6.73. The molecule has 0 radical (unpaired) electrons. The Morgan fingerprint density at radius 1 is 1.42 bits per heavy atom. The maximum atomic E-state index is 12.0. The molecule has 0 rings (SSSR count). The van der Waals surface area contributed by atoms with Gasteiger partial charge in [-0.25, -0.2) is 0 Å². The molecule has 19 heavy (non-hydrogen) atoms. The van der Waals surface area contributed by atoms with Crippen molar-refractivity contribution in [3.05, 3.63) is 12.2 Å². The first-order chi connectivity index (χ1) is 9.01. The number of aliphatic hydroxyl groups is 1. The van der Waals surface area contributed by atoms with Gasteiger partial charge in [0.2, 0.25) is 5.91 Å². The number of nitrogens with one attached hydrogen (secondary N) is 2. The summed E-state index contributed by atoms with van der Waals surface area (Å²) in [5.74, 6) is -0.392. The highest BCUT2D eigenvalue weighted by atomic mass is 16.3. The molecule has 0 aromatic rings. The Labute approximate surface area is 115 Å². The second-order valence-electron chi connectivity index (χ2n) is 4.70. The molecule has 0 heterocycles. The van der Waals surface area contributed by atoms with Gasteiger partial charge >= 0.3 is 0 Å². The second-order valence-corrected chi connectivity index (χ2v) is 4.70. The summed E-state index contributed by atoms with van der Waals surface area (Å²) in [6.07, 6.45) is 5.02. The molecule has 0 saturated heterocycles. The fourth-order valence-corrected chi connectivity index (χ4v) is 1.78. The highest BCUT2D eigenvalue weighted by Crippen LogP contribution is 2.13. The summed E-state index contributed by atoms with van der Waals surface area (Å²) in [4.78, 5) is 22.7. The van der Waals surface area contributed by atoms with Crippen LogP contribution < -0.4 is 10.6 Å². The molecule has 3 N–H and O–H groups in total. The molecule has 4 atom stereocenters. The lowest BCUT2D eigenvalue weighted by atomic mass is 9.94. The van der Waals surface area contributed by atoms with E-state index < -0.39 is 18.2 Å². The topological polar surface area (TPSA) is 78.4 Å². The second kappa shape index (κ2) is 9.69. The van der Waals surface area contributed by atoms with E-state index in [2.05, 4.69) is 10.6 Å². The van der Waals surface area contributed by atoms with Crippen LogP contribution in [0.5, 0.6) is 0 Å². The van der Waals surface area contributed by atoms with Gasteiger partial charge in [-0.2, -0.15) is 0 Å². The van der Waals surface area contributed by atoms with Crippen molar-refractivity contribution in [2.75, 3.05) is 7.05 Å². The maximum Gasteiger partial charge on any atom is 0.240 e. The SMILES string of the molecule is C/C=C/C[C@@H](C)[C@@H](O)C(NC)C(=O)N[C@H](C=O)CC. The zero-order valence-corrected chi connectivity index (χ0v) is 12.2. The van der Waals surface area contributed by atoms with E-state index in [1.165, 1.54) is 0 Å². The predicted molar refractivity (Wildman–Crippen MR) is 75.7 cm³/mol. The zero-order valence-electron chi connectivity index (χ0n) is 12.2. The minimum atomic E-state index is -0.801. The Kier molecular flexibility index (Phi) is 9.08. The minimum absolute atomic E-state index is 0.0456. The Balaban J connectivity index is 4.61. The average Bonchev–Trinajstić information content (AvgIpc) is 2.42. The van der Waals surface area contributed by atoms with E-state index in [0.717, 1.165) is 0 Å². The van der Waals surface area contributed by atoms with Crippen molar-refractivity contribution in [1.82, 2.24) is 10.6 Å². The largest absolute Gasteiger partial charge is 0.391 e. The van der Waals surface area contributed by atoms with Gasteiger partial charge in [0.25, 0.3) is 0 Å². The molecule has 1 amide bonds. The van der Waals surface area contributed by atoms with Gasteiger partial charge in [-0.3, -0.25) is 4.79 Å². The van der Waals surface area contributed by atoms with Gasteiger partial charge in [0, 0.05) is 0 Å². The van der Waals surface area contributed by atoms with Crippen molar-refractivity contribution in [2.24, 2.45) is 5.92 Å². The number of aliphatic hydroxyl groups excluding tert-OH is 1. The summed E-state index contributed by atoms with van der Waals surface area (Å²) in [6.45, 7) is 5.62. The quantitative estimate of drug-likeness (QED) is 0.424. The molecule has 0 saturated carbocycles. The molecular weight excluding hydrogens is 244 g/mol. The van der Waals surface area contributed by atoms with Crippen LogP contribution >= 0.6 is 0 Å². The molecule has 0 fully saturated rings. The van der Waals surface area contributed by atoms with Crippen LogP contribution in [0.3, 0.4) is 0 Å². The summed E-state index contributed by atoms with van der Waals surface area (Å²) < 4.78 is 0. The number of aldehydes is 1. The van der Waals surface area contributed by atoms with Crippen LogP contribution in [0, 0.1) is 5.92 Å². The van der Waals surface area contributed by atoms with Crippen molar-refractivity contribution in [3.8, 4) is 0 Å². The number of allylic oxidation sites excluding steroid dienone is 2. The smallest absolute Gasteiger partial charge is 0.240 e. The van der Waals surface area contributed by atoms with E-state index in [9.17, 15) is 14.7 Å². The number of carbonyl (C=O) groups excluding carboxylic acids is 2. The highest BCUT2D eigenvalue weighted by molar-refractivity contribution is 5.85. The van der Waals surface area contributed by atoms with Crippen molar-refractivity contribution >= 4 is 12.2 Å². The summed E-state index contributed by atoms with van der Waals surface area (Å²) in [5, 5.41) is 15.6. The lowest BCUT2D eigenvalue weighted by molar-refractivity contribution is -0.129. The molecule has 0 aromatic carbocycles. The summed E-state index contributed by atoms with van der Waals surface area (Å²) >= 11 is 0. The van der Waals surface area contributed by atoms with E-state index >= 15 is 0 Å². The number of rotatable bonds is 9. The number of hydrogen-bond donors (Lipinski definition) is 3. The van der Waals surface area contributed by atoms with Crippen LogP contribution in [0.2, 0.25) is 0 Å². The Morgan fingerprint density at radius 3 is 2.47 bits per heavy atom. The fraction of sp³-hybridized carbons (Fsp3) is 0.714. The highest BCUT2D eigenvalue weighted by Gasteiger charge is 2.29. The molecule has 0 aliphatic carbocycles. The third-order valence-electron chi connectivity index (χ3n) is 3.19. The van der Waals surface area contributed by atoms with Gasteiger partial charge in [-0.15, -0.1) is 0 Å². The number of amides is 1. The molecule has 0 aromatic heterocycles. The summed E-state index contributed by atoms with van der Waals surface area (Å²) in [6, 6.07) is -1.21. The van der Waals surface area contributed by atoms with Crippen LogP contribution in [0.4, 0.5) is 0 Å². The summed E-state index contributed by atoms with van der Waals surface area (Å²) in [7, 11) is 1.62. The molecule has 110 valence electrons. The molecule has 5 nitrogen and oxygen atoms in total. The lowest BCUT2D eigenvalue weighted by Crippen LogP contribution is -2.54. The third-order valence-corrected chi connectivity index (χ3v) is 3.19. The van der Waals surface area contributed by atoms with Crippen molar-refractivity contribution in [2.45, 2.75) is 51.8 Å². The normalized spacial score (nSPS) is 17.7. The van der Waals surface area contributed by atoms with Gasteiger partial charge in [-0.05, 0) is 32.7 Å². The maximum absolute atomic E-state index is 12.0. The van der Waals surface area contributed by atoms with Crippen LogP contribution in [0.25, 0.3) is 0 Å². The molecular formula is C14H26N2O3. The van der Waals surface area contributed by atoms with Gasteiger partial charge in [0.15, 0.2) is 0 Å². The Morgan fingerprint density at radius 2 is 2.05 bits per heavy atom. The third kappa shape index (κ3) is 5.98. The van der Waals surface area contributed by atoms with Crippen LogP contribution in [-0.2, 0) is 9.59 Å². The molecule has 0 spiro atoms. The Bertz CT molecular complexity index is 305. The number of hydrogen-bond acceptors (Lipinski definition) is 4. The van der Waals surface area contributed by atoms with Crippen LogP contribution in [0.15, 0.2) is 12.2 Å². The van der Waals surface area contributed by atoms with Gasteiger partial charge in [0.05, 0.1) is 12.1 Å². The van der Waals surface area contributed by atoms with E-state index in [1.807, 2.05) is 32.9 Å². The average molecular weight is 270 g/mol. The Hall–Kier alpha value is -1.20. The fourth-order valence-electron chi connectivity index (χ4n) is 1.78. The standard InChI is InChI=1S/C14H26N2O3/c1-5-7-8-10(3)13(18)12(15-4)14(19)16-11(6-2)9-17/h5,7,9-13,15,18H,6,8H2,1-4H3,(H,16,19)/b7-5+/t10-,11+,12?,13-/m1/s1. The molecule has 0 aliphatic rings. The van der Waals surface area contributed by atoms with Crippen molar-refractivity contribution < 1.29 is 14.7 Å². The van der Waals surface area contributed by atoms with E-state index in [4.69, 9.17) is 0 Å². The van der Waals surface area contributed by atoms with Crippen molar-refractivity contribution in [3.63, 3.8) is 0 Å². The van der Waals surface area contributed by atoms with E-state index in [0.29, 0.717) is 19.1 Å². The van der Waals surface area contributed by atoms with Gasteiger partial charge in [0.1, 0.15) is 12.3 Å². The minimum Gasteiger partial charge on any atom is -0.391 e. The summed E-state index contributed by atoms with van der Waals surface area (Å²) in [5.41, 5.74) is 0. The lowest BCUT2D eigenvalue weighted by Gasteiger charge is -2.27. The van der Waals surface area contributed by atoms with E-state index in [1.54, 1.807) is 7.05 Å². The first-order valence-corrected chi connectivity index (χ1v) is 6.73. The zero-order chi connectivity index (χ0) is 14.8. The van der Waals surface area contributed by atoms with Gasteiger partial charge in [-0.1, -0.05) is 26.0 Å². The van der Waals surface area contributed by atoms with Crippen LogP contribution in [-0.4, -0.2) is 42.5 Å². The first kappa shape index (κ1) is 17.8. The molecule has 1 unspecified atom stereocenters. The van der Waals surface area contributed by atoms with E-state index in [-0.39, 0.29) is 11.8 Å². The molecule has 5 heteroatoms. The number of likely N-dealkylation sites (N-methyl/N-ethyl adjacent to an activating group) is 1. The molecule has 0 aliphatic heterocycles. The number of carbonyl (C=O) groups is 2. The monoisotopic (exact) mass is 270 g/mol. The van der Waals surface area contributed by atoms with Crippen LogP contribution in [0.1, 0.15) is 33.6 Å². The van der Waals surface area contributed by atoms with Crippen molar-refractivity contribution in [1.29, 1.82) is 0 Å². The van der Waals surface area contributed by atoms with Gasteiger partial charge < -0.3 is 20.5 Å². The molecule has 0 bridgehead atoms.